The number of cyclic esters (lactones) is 1. The number of fused-ring (bicyclic) bond motifs is 3. The molecule has 1 heterocycles. The van der Waals surface area contributed by atoms with Crippen LogP contribution in [0.2, 0.25) is 0 Å². The molecular weight excluding hydrogens is 300 g/mol. The summed E-state index contributed by atoms with van der Waals surface area (Å²) in [7, 11) is 3.14. The van der Waals surface area contributed by atoms with Crippen molar-refractivity contribution in [1.82, 2.24) is 0 Å². The van der Waals surface area contributed by atoms with Gasteiger partial charge in [-0.1, -0.05) is 6.92 Å². The molecule has 0 aromatic heterocycles. The Balaban J connectivity index is 2.16. The molecule has 1 aromatic rings. The lowest BCUT2D eigenvalue weighted by molar-refractivity contribution is -0.334. The van der Waals surface area contributed by atoms with Gasteiger partial charge in [0.2, 0.25) is 0 Å². The number of aliphatic hydroxyl groups is 1. The molecule has 0 saturated carbocycles. The minimum atomic E-state index is -1.93. The maximum Gasteiger partial charge on any atom is 0.334 e. The highest BCUT2D eigenvalue weighted by molar-refractivity contribution is 5.78. The van der Waals surface area contributed by atoms with Gasteiger partial charge in [-0.05, 0) is 42.5 Å². The number of hydrogen-bond donors (Lipinski definition) is 1. The number of benzene rings is 1. The van der Waals surface area contributed by atoms with E-state index >= 15 is 0 Å². The van der Waals surface area contributed by atoms with Crippen LogP contribution in [-0.4, -0.2) is 37.9 Å². The summed E-state index contributed by atoms with van der Waals surface area (Å²) in [5, 5.41) is 10.8. The van der Waals surface area contributed by atoms with E-state index in [2.05, 4.69) is 0 Å². The molecule has 0 bridgehead atoms. The van der Waals surface area contributed by atoms with Crippen LogP contribution in [0.5, 0.6) is 11.5 Å². The summed E-state index contributed by atoms with van der Waals surface area (Å²) in [6, 6.07) is 3.71. The van der Waals surface area contributed by atoms with Gasteiger partial charge in [0, 0.05) is 0 Å². The summed E-state index contributed by atoms with van der Waals surface area (Å²) in [5.41, 5.74) is 1.82. The third-order valence-corrected chi connectivity index (χ3v) is 4.76. The third-order valence-electron chi connectivity index (χ3n) is 4.76. The van der Waals surface area contributed by atoms with Crippen molar-refractivity contribution in [3.63, 3.8) is 0 Å². The van der Waals surface area contributed by atoms with E-state index in [-0.39, 0.29) is 12.5 Å². The van der Waals surface area contributed by atoms with Gasteiger partial charge in [-0.25, -0.2) is 0 Å². The van der Waals surface area contributed by atoms with Crippen LogP contribution >= 0.6 is 0 Å². The van der Waals surface area contributed by atoms with Crippen molar-refractivity contribution in [3.8, 4) is 11.5 Å². The van der Waals surface area contributed by atoms with Gasteiger partial charge in [-0.3, -0.25) is 4.79 Å². The zero-order chi connectivity index (χ0) is 16.8. The van der Waals surface area contributed by atoms with Gasteiger partial charge in [-0.15, -0.1) is 0 Å². The fourth-order valence-corrected chi connectivity index (χ4v) is 3.79. The van der Waals surface area contributed by atoms with Gasteiger partial charge in [-0.2, -0.15) is 0 Å². The summed E-state index contributed by atoms with van der Waals surface area (Å²) in [6.45, 7) is 3.97. The Morgan fingerprint density at radius 2 is 1.96 bits per heavy atom. The molecule has 23 heavy (non-hydrogen) atoms. The molecule has 0 unspecified atom stereocenters. The molecule has 3 rings (SSSR count). The van der Waals surface area contributed by atoms with Crippen molar-refractivity contribution >= 4 is 5.97 Å². The number of carbonyl (C=O) groups is 1. The summed E-state index contributed by atoms with van der Waals surface area (Å²) < 4.78 is 21.3. The van der Waals surface area contributed by atoms with Crippen molar-refractivity contribution in [3.05, 3.63) is 23.3 Å². The van der Waals surface area contributed by atoms with Gasteiger partial charge in [0.05, 0.1) is 32.7 Å². The quantitative estimate of drug-likeness (QED) is 0.673. The zero-order valence-electron chi connectivity index (χ0n) is 13.8. The summed E-state index contributed by atoms with van der Waals surface area (Å²) >= 11 is 0. The van der Waals surface area contributed by atoms with E-state index in [0.717, 1.165) is 11.1 Å². The average molecular weight is 322 g/mol. The molecule has 1 fully saturated rings. The second-order valence-electron chi connectivity index (χ2n) is 6.08. The van der Waals surface area contributed by atoms with Crippen LogP contribution in [0.3, 0.4) is 0 Å². The predicted molar refractivity (Wildman–Crippen MR) is 81.3 cm³/mol. The minimum absolute atomic E-state index is 0.0348. The second kappa shape index (κ2) is 5.69. The number of rotatable bonds is 4. The van der Waals surface area contributed by atoms with Gasteiger partial charge in [0.1, 0.15) is 0 Å². The van der Waals surface area contributed by atoms with Crippen LogP contribution in [0.25, 0.3) is 0 Å². The van der Waals surface area contributed by atoms with Gasteiger partial charge in [0.25, 0.3) is 0 Å². The Bertz CT molecular complexity index is 628. The number of esters is 1. The largest absolute Gasteiger partial charge is 0.493 e. The molecule has 6 nitrogen and oxygen atoms in total. The first-order chi connectivity index (χ1) is 10.9. The number of methoxy groups -OCH3 is 2. The predicted octanol–water partition coefficient (Wildman–Crippen LogP) is 1.84. The maximum absolute atomic E-state index is 12.3. The first-order valence-corrected chi connectivity index (χ1v) is 7.79. The molecule has 2 aliphatic rings. The first-order valence-electron chi connectivity index (χ1n) is 7.79. The highest BCUT2D eigenvalue weighted by Gasteiger charge is 2.60. The van der Waals surface area contributed by atoms with Crippen LogP contribution in [0, 0.1) is 11.8 Å². The van der Waals surface area contributed by atoms with Crippen LogP contribution in [0.4, 0.5) is 0 Å². The molecular formula is C17H22O6. The monoisotopic (exact) mass is 322 g/mol. The normalized spacial score (nSPS) is 32.0. The molecule has 4 atom stereocenters. The topological polar surface area (TPSA) is 74.2 Å². The highest BCUT2D eigenvalue weighted by Crippen LogP contribution is 2.53. The van der Waals surface area contributed by atoms with Crippen LogP contribution < -0.4 is 9.47 Å². The highest BCUT2D eigenvalue weighted by atomic mass is 16.8. The van der Waals surface area contributed by atoms with Crippen LogP contribution in [0.15, 0.2) is 12.1 Å². The lowest BCUT2D eigenvalue weighted by Crippen LogP contribution is -2.41. The van der Waals surface area contributed by atoms with Crippen molar-refractivity contribution < 1.29 is 28.8 Å². The standard InChI is InChI=1S/C17H22O6/c1-5-22-17(19)15-11-8-13(21-4)12(20-3)7-10(11)6-9(2)14(15)16(18)23-17/h7-9,14-15,19H,5-6H2,1-4H3/t9-,14+,15+,17-/m0/s1. The Hall–Kier alpha value is -1.79. The van der Waals surface area contributed by atoms with E-state index in [1.54, 1.807) is 21.1 Å². The molecule has 1 N–H and O–H groups in total. The molecule has 1 aromatic carbocycles. The third kappa shape index (κ3) is 2.37. The smallest absolute Gasteiger partial charge is 0.334 e. The average Bonchev–Trinajstić information content (AvgIpc) is 2.78. The molecule has 0 spiro atoms. The van der Waals surface area contributed by atoms with Crippen molar-refractivity contribution in [2.24, 2.45) is 11.8 Å². The fraction of sp³-hybridized carbons (Fsp3) is 0.588. The Labute approximate surface area is 135 Å². The fourth-order valence-electron chi connectivity index (χ4n) is 3.79. The number of carbonyl (C=O) groups excluding carboxylic acids is 1. The van der Waals surface area contributed by atoms with E-state index in [4.69, 9.17) is 18.9 Å². The zero-order valence-corrected chi connectivity index (χ0v) is 13.8. The first kappa shape index (κ1) is 16.1. The van der Waals surface area contributed by atoms with Gasteiger partial charge >= 0.3 is 11.9 Å². The van der Waals surface area contributed by atoms with Crippen molar-refractivity contribution in [2.45, 2.75) is 32.2 Å². The van der Waals surface area contributed by atoms with E-state index in [1.807, 2.05) is 19.1 Å². The Kier molecular flexibility index (Phi) is 3.98. The van der Waals surface area contributed by atoms with E-state index in [1.165, 1.54) is 0 Å². The van der Waals surface area contributed by atoms with Crippen molar-refractivity contribution in [1.29, 1.82) is 0 Å². The van der Waals surface area contributed by atoms with Crippen molar-refractivity contribution in [2.75, 3.05) is 20.8 Å². The van der Waals surface area contributed by atoms with Crippen LogP contribution in [0.1, 0.15) is 30.9 Å². The Morgan fingerprint density at radius 3 is 2.57 bits per heavy atom. The molecule has 6 heteroatoms. The molecule has 0 amide bonds. The number of hydrogen-bond acceptors (Lipinski definition) is 6. The maximum atomic E-state index is 12.3. The van der Waals surface area contributed by atoms with Gasteiger partial charge in [0.15, 0.2) is 11.5 Å². The Morgan fingerprint density at radius 1 is 1.30 bits per heavy atom. The number of ether oxygens (including phenoxy) is 4. The summed E-state index contributed by atoms with van der Waals surface area (Å²) in [4.78, 5) is 12.3. The lowest BCUT2D eigenvalue weighted by Gasteiger charge is -2.35. The molecule has 1 aliphatic carbocycles. The summed E-state index contributed by atoms with van der Waals surface area (Å²) in [5.74, 6) is -2.14. The lowest BCUT2D eigenvalue weighted by atomic mass is 9.69. The molecule has 1 saturated heterocycles. The van der Waals surface area contributed by atoms with E-state index in [9.17, 15) is 9.90 Å². The molecule has 1 aliphatic heterocycles. The SMILES string of the molecule is CCO[C@]1(O)OC(=O)[C@H]2[C@H]1c1cc(OC)c(OC)cc1C[C@@H]2C. The molecule has 126 valence electrons. The molecule has 0 radical (unpaired) electrons. The van der Waals surface area contributed by atoms with Gasteiger partial charge < -0.3 is 24.1 Å². The summed E-state index contributed by atoms with van der Waals surface area (Å²) in [6.07, 6.45) is 0.703. The van der Waals surface area contributed by atoms with E-state index < -0.39 is 23.8 Å². The second-order valence-corrected chi connectivity index (χ2v) is 6.08. The minimum Gasteiger partial charge on any atom is -0.493 e. The van der Waals surface area contributed by atoms with Crippen LogP contribution in [-0.2, 0) is 20.7 Å². The van der Waals surface area contributed by atoms with E-state index in [0.29, 0.717) is 17.9 Å².